The normalized spacial score (nSPS) is 12.0. The Kier molecular flexibility index (Phi) is 13.2. The quantitative estimate of drug-likeness (QED) is 0.0247. The molecule has 4 rings (SSSR count). The first kappa shape index (κ1) is 37.0. The van der Waals surface area contributed by atoms with Crippen molar-refractivity contribution in [3.63, 3.8) is 0 Å². The first-order chi connectivity index (χ1) is 23.6. The number of carboxylic acid groups (broad SMARTS) is 1. The molecular formula is C39H49NO9. The molecule has 0 aliphatic rings. The van der Waals surface area contributed by atoms with Crippen LogP contribution in [0.2, 0.25) is 0 Å². The number of phenols is 4. The summed E-state index contributed by atoms with van der Waals surface area (Å²) in [4.78, 5) is 24.2. The highest BCUT2D eigenvalue weighted by molar-refractivity contribution is 6.16. The lowest BCUT2D eigenvalue weighted by molar-refractivity contribution is -0.140. The minimum Gasteiger partial charge on any atom is -0.506 e. The molecule has 0 aromatic heterocycles. The lowest BCUT2D eigenvalue weighted by atomic mass is 9.98. The van der Waals surface area contributed by atoms with E-state index in [-0.39, 0.29) is 58.5 Å². The van der Waals surface area contributed by atoms with Crippen LogP contribution in [0.25, 0.3) is 21.5 Å². The molecule has 0 saturated heterocycles. The topological polar surface area (TPSA) is 166 Å². The highest BCUT2D eigenvalue weighted by atomic mass is 16.5. The van der Waals surface area contributed by atoms with Gasteiger partial charge >= 0.3 is 5.97 Å². The Morgan fingerprint density at radius 2 is 1.16 bits per heavy atom. The zero-order valence-electron chi connectivity index (χ0n) is 28.6. The van der Waals surface area contributed by atoms with E-state index in [1.54, 1.807) is 50.2 Å². The number of fused-ring (bicyclic) bond motifs is 2. The Bertz CT molecular complexity index is 1730. The molecule has 0 radical (unpaired) electrons. The third-order valence-corrected chi connectivity index (χ3v) is 8.83. The molecule has 0 unspecified atom stereocenters. The molecule has 0 heterocycles. The fourth-order valence-corrected chi connectivity index (χ4v) is 5.99. The monoisotopic (exact) mass is 675 g/mol. The number of hydrogen-bond donors (Lipinski definition) is 6. The van der Waals surface area contributed by atoms with Crippen molar-refractivity contribution >= 4 is 33.4 Å². The van der Waals surface area contributed by atoms with Gasteiger partial charge in [-0.3, -0.25) is 4.79 Å². The van der Waals surface area contributed by atoms with Crippen molar-refractivity contribution in [3.8, 4) is 34.5 Å². The number of unbranched alkanes of at least 4 members (excludes halogenated alkanes) is 9. The van der Waals surface area contributed by atoms with E-state index < -0.39 is 29.4 Å². The number of carbonyl (C=O) groups is 2. The number of ether oxygens (including phenoxy) is 2. The van der Waals surface area contributed by atoms with Crippen LogP contribution in [0.3, 0.4) is 0 Å². The van der Waals surface area contributed by atoms with Crippen molar-refractivity contribution < 1.29 is 44.6 Å². The lowest BCUT2D eigenvalue weighted by Gasteiger charge is -2.20. The Labute approximate surface area is 287 Å². The van der Waals surface area contributed by atoms with Crippen LogP contribution in [-0.2, 0) is 11.4 Å². The number of aromatic hydroxyl groups is 4. The van der Waals surface area contributed by atoms with Gasteiger partial charge < -0.3 is 40.3 Å². The summed E-state index contributed by atoms with van der Waals surface area (Å²) < 4.78 is 12.0. The number of amides is 1. The van der Waals surface area contributed by atoms with Crippen LogP contribution in [0.1, 0.15) is 101 Å². The molecule has 1 amide bonds. The molecule has 10 nitrogen and oxygen atoms in total. The van der Waals surface area contributed by atoms with Gasteiger partial charge in [-0.2, -0.15) is 0 Å². The molecule has 0 fully saturated rings. The predicted molar refractivity (Wildman–Crippen MR) is 190 cm³/mol. The largest absolute Gasteiger partial charge is 0.506 e. The van der Waals surface area contributed by atoms with E-state index >= 15 is 0 Å². The SMILES string of the molecule is CCCCCCCCCCCCOc1c(O)c(O)c(OCc2ccc(C(=O)N[C@H](C(=O)O)C(C)C)cc2)c2c(O)c3ccccc3c(O)c12. The zero-order chi connectivity index (χ0) is 35.5. The second-order valence-corrected chi connectivity index (χ2v) is 12.9. The average molecular weight is 676 g/mol. The van der Waals surface area contributed by atoms with Crippen molar-refractivity contribution in [1.82, 2.24) is 5.32 Å². The molecule has 0 aliphatic carbocycles. The van der Waals surface area contributed by atoms with Crippen LogP contribution in [0.5, 0.6) is 34.5 Å². The van der Waals surface area contributed by atoms with E-state index in [9.17, 15) is 35.1 Å². The number of aliphatic carboxylic acids is 1. The van der Waals surface area contributed by atoms with Gasteiger partial charge in [-0.1, -0.05) is 115 Å². The molecule has 0 saturated carbocycles. The zero-order valence-corrected chi connectivity index (χ0v) is 28.6. The second kappa shape index (κ2) is 17.5. The first-order valence-corrected chi connectivity index (χ1v) is 17.3. The van der Waals surface area contributed by atoms with Gasteiger partial charge in [-0.05, 0) is 30.0 Å². The maximum Gasteiger partial charge on any atom is 0.326 e. The fourth-order valence-electron chi connectivity index (χ4n) is 5.99. The van der Waals surface area contributed by atoms with Crippen molar-refractivity contribution in [2.75, 3.05) is 6.61 Å². The number of carbonyl (C=O) groups excluding carboxylic acids is 1. The van der Waals surface area contributed by atoms with Crippen LogP contribution in [0.15, 0.2) is 48.5 Å². The molecule has 0 spiro atoms. The van der Waals surface area contributed by atoms with Gasteiger partial charge in [0.15, 0.2) is 11.5 Å². The van der Waals surface area contributed by atoms with Gasteiger partial charge in [0.25, 0.3) is 5.91 Å². The lowest BCUT2D eigenvalue weighted by Crippen LogP contribution is -2.44. The Morgan fingerprint density at radius 3 is 1.65 bits per heavy atom. The molecule has 49 heavy (non-hydrogen) atoms. The third-order valence-electron chi connectivity index (χ3n) is 8.83. The van der Waals surface area contributed by atoms with Crippen molar-refractivity contribution in [3.05, 3.63) is 59.7 Å². The van der Waals surface area contributed by atoms with Gasteiger partial charge in [-0.15, -0.1) is 0 Å². The minimum atomic E-state index is -1.12. The number of phenolic OH excluding ortho intramolecular Hbond substituents is 4. The second-order valence-electron chi connectivity index (χ2n) is 12.9. The Balaban J connectivity index is 1.53. The summed E-state index contributed by atoms with van der Waals surface area (Å²) >= 11 is 0. The van der Waals surface area contributed by atoms with Crippen molar-refractivity contribution in [1.29, 1.82) is 0 Å². The molecule has 1 atom stereocenters. The van der Waals surface area contributed by atoms with Crippen LogP contribution in [0.4, 0.5) is 0 Å². The molecule has 4 aromatic carbocycles. The molecule has 10 heteroatoms. The fraction of sp³-hybridized carbons (Fsp3) is 0.436. The standard InChI is InChI=1S/C39H49NO9/c1-4-5-6-7-8-9-10-11-12-15-22-48-36-29-30(33(42)28-17-14-13-16-27(28)32(29)41)37(35(44)34(36)43)49-23-25-18-20-26(21-19-25)38(45)40-31(24(2)3)39(46)47/h13-14,16-21,24,31,41-44H,4-12,15,22-23H2,1-3H3,(H,40,45)(H,46,47)/t31-/m0/s1. The van der Waals surface area contributed by atoms with Gasteiger partial charge in [0.2, 0.25) is 11.5 Å². The minimum absolute atomic E-state index is 0.0127. The van der Waals surface area contributed by atoms with Crippen LogP contribution >= 0.6 is 0 Å². The molecule has 0 aliphatic heterocycles. The number of carboxylic acids is 1. The Hall–Kier alpha value is -4.86. The number of hydrogen-bond acceptors (Lipinski definition) is 8. The predicted octanol–water partition coefficient (Wildman–Crippen LogP) is 8.53. The van der Waals surface area contributed by atoms with Crippen LogP contribution < -0.4 is 14.8 Å². The van der Waals surface area contributed by atoms with Gasteiger partial charge in [0, 0.05) is 16.3 Å². The molecule has 0 bridgehead atoms. The molecule has 6 N–H and O–H groups in total. The van der Waals surface area contributed by atoms with E-state index in [1.165, 1.54) is 50.7 Å². The van der Waals surface area contributed by atoms with Gasteiger partial charge in [-0.25, -0.2) is 4.79 Å². The van der Waals surface area contributed by atoms with E-state index in [1.807, 2.05) is 0 Å². The summed E-state index contributed by atoms with van der Waals surface area (Å²) in [7, 11) is 0. The van der Waals surface area contributed by atoms with E-state index in [0.717, 1.165) is 19.3 Å². The van der Waals surface area contributed by atoms with Crippen molar-refractivity contribution in [2.24, 2.45) is 5.92 Å². The smallest absolute Gasteiger partial charge is 0.326 e. The highest BCUT2D eigenvalue weighted by Gasteiger charge is 2.28. The van der Waals surface area contributed by atoms with Gasteiger partial charge in [0.1, 0.15) is 24.1 Å². The summed E-state index contributed by atoms with van der Waals surface area (Å²) in [5.74, 6) is -4.14. The summed E-state index contributed by atoms with van der Waals surface area (Å²) in [6, 6.07) is 11.9. The van der Waals surface area contributed by atoms with E-state index in [2.05, 4.69) is 12.2 Å². The van der Waals surface area contributed by atoms with Gasteiger partial charge in [0.05, 0.1) is 17.4 Å². The summed E-state index contributed by atoms with van der Waals surface area (Å²) in [6.07, 6.45) is 11.4. The molecule has 264 valence electrons. The van der Waals surface area contributed by atoms with Crippen LogP contribution in [0, 0.1) is 5.92 Å². The molecule has 4 aromatic rings. The maximum atomic E-state index is 12.7. The maximum absolute atomic E-state index is 12.7. The number of nitrogens with one attached hydrogen (secondary N) is 1. The summed E-state index contributed by atoms with van der Waals surface area (Å²) in [5.41, 5.74) is 0.826. The summed E-state index contributed by atoms with van der Waals surface area (Å²) in [6.45, 7) is 5.71. The third kappa shape index (κ3) is 8.99. The number of benzene rings is 4. The average Bonchev–Trinajstić information content (AvgIpc) is 3.09. The Morgan fingerprint density at radius 1 is 0.673 bits per heavy atom. The highest BCUT2D eigenvalue weighted by Crippen LogP contribution is 2.57. The summed E-state index contributed by atoms with van der Waals surface area (Å²) in [5, 5.41) is 57.7. The van der Waals surface area contributed by atoms with Crippen LogP contribution in [-0.4, -0.2) is 50.1 Å². The van der Waals surface area contributed by atoms with E-state index in [0.29, 0.717) is 22.8 Å². The van der Waals surface area contributed by atoms with E-state index in [4.69, 9.17) is 9.47 Å². The number of rotatable bonds is 19. The molecular weight excluding hydrogens is 626 g/mol. The first-order valence-electron chi connectivity index (χ1n) is 17.3. The van der Waals surface area contributed by atoms with Crippen molar-refractivity contribution in [2.45, 2.75) is 97.6 Å².